The van der Waals surface area contributed by atoms with E-state index in [-0.39, 0.29) is 29.8 Å². The second-order valence-electron chi connectivity index (χ2n) is 5.99. The molecule has 9 nitrogen and oxygen atoms in total. The molecule has 0 aliphatic carbocycles. The number of non-ortho nitro benzene ring substituents is 1. The molecule has 1 saturated heterocycles. The molecule has 2 aromatic rings. The molecule has 138 valence electrons. The number of ether oxygens (including phenoxy) is 1. The number of hydrogen-bond donors (Lipinski definition) is 0. The lowest BCUT2D eigenvalue weighted by atomic mass is 10.1. The first-order valence-electron chi connectivity index (χ1n) is 8.08. The average molecular weight is 378 g/mol. The van der Waals surface area contributed by atoms with Crippen LogP contribution in [0.25, 0.3) is 0 Å². The molecule has 2 heterocycles. The van der Waals surface area contributed by atoms with Crippen molar-refractivity contribution in [1.82, 2.24) is 14.5 Å². The summed E-state index contributed by atoms with van der Waals surface area (Å²) in [5.74, 6) is 0.413. The second-order valence-corrected chi connectivity index (χ2v) is 7.93. The molecule has 0 N–H and O–H groups in total. The van der Waals surface area contributed by atoms with Crippen LogP contribution in [0.1, 0.15) is 18.5 Å². The molecular weight excluding hydrogens is 360 g/mol. The number of nitro groups is 1. The molecule has 0 saturated carbocycles. The number of aromatic nitrogens is 2. The minimum atomic E-state index is -3.77. The second kappa shape index (κ2) is 7.34. The van der Waals surface area contributed by atoms with Crippen LogP contribution in [0.2, 0.25) is 0 Å². The van der Waals surface area contributed by atoms with Crippen molar-refractivity contribution in [2.45, 2.75) is 30.8 Å². The van der Waals surface area contributed by atoms with E-state index in [2.05, 4.69) is 10.2 Å². The SMILES string of the molecule is Cc1ccc(OC2CCN(S(=O)(=O)c3cccc([N+](=O)[O-])c3)CC2)nn1. The van der Waals surface area contributed by atoms with E-state index in [0.29, 0.717) is 18.7 Å². The van der Waals surface area contributed by atoms with E-state index in [1.54, 1.807) is 12.1 Å². The molecule has 26 heavy (non-hydrogen) atoms. The maximum atomic E-state index is 12.7. The first-order valence-corrected chi connectivity index (χ1v) is 9.52. The molecule has 1 aliphatic heterocycles. The number of nitrogens with zero attached hydrogens (tertiary/aromatic N) is 4. The fourth-order valence-electron chi connectivity index (χ4n) is 2.72. The predicted molar refractivity (Wildman–Crippen MR) is 92.3 cm³/mol. The third-order valence-electron chi connectivity index (χ3n) is 4.13. The van der Waals surface area contributed by atoms with E-state index in [9.17, 15) is 18.5 Å². The molecule has 1 aromatic carbocycles. The summed E-state index contributed by atoms with van der Waals surface area (Å²) in [5, 5.41) is 18.7. The quantitative estimate of drug-likeness (QED) is 0.576. The molecule has 0 unspecified atom stereocenters. The van der Waals surface area contributed by atoms with Gasteiger partial charge in [0.2, 0.25) is 15.9 Å². The van der Waals surface area contributed by atoms with Gasteiger partial charge in [-0.3, -0.25) is 10.1 Å². The molecule has 0 atom stereocenters. The molecular formula is C16H18N4O5S. The number of nitro benzene ring substituents is 1. The Morgan fingerprint density at radius 1 is 1.19 bits per heavy atom. The minimum absolute atomic E-state index is 0.0736. The van der Waals surface area contributed by atoms with Crippen LogP contribution in [-0.2, 0) is 10.0 Å². The van der Waals surface area contributed by atoms with Crippen LogP contribution < -0.4 is 4.74 Å². The van der Waals surface area contributed by atoms with Gasteiger partial charge in [-0.15, -0.1) is 5.10 Å². The Kier molecular flexibility index (Phi) is 5.14. The van der Waals surface area contributed by atoms with E-state index in [1.165, 1.54) is 22.5 Å². The highest BCUT2D eigenvalue weighted by atomic mass is 32.2. The predicted octanol–water partition coefficient (Wildman–Crippen LogP) is 1.93. The number of benzene rings is 1. The van der Waals surface area contributed by atoms with Crippen molar-refractivity contribution in [3.63, 3.8) is 0 Å². The first kappa shape index (κ1) is 18.2. The Bertz CT molecular complexity index is 893. The number of hydrogen-bond acceptors (Lipinski definition) is 7. The fourth-order valence-corrected chi connectivity index (χ4v) is 4.23. The lowest BCUT2D eigenvalue weighted by Gasteiger charge is -2.31. The van der Waals surface area contributed by atoms with E-state index in [1.807, 2.05) is 6.92 Å². The van der Waals surface area contributed by atoms with Crippen LogP contribution in [0.4, 0.5) is 5.69 Å². The molecule has 0 spiro atoms. The van der Waals surface area contributed by atoms with Crippen molar-refractivity contribution >= 4 is 15.7 Å². The van der Waals surface area contributed by atoms with E-state index < -0.39 is 14.9 Å². The van der Waals surface area contributed by atoms with Crippen LogP contribution >= 0.6 is 0 Å². The fraction of sp³-hybridized carbons (Fsp3) is 0.375. The maximum Gasteiger partial charge on any atom is 0.270 e. The monoisotopic (exact) mass is 378 g/mol. The lowest BCUT2D eigenvalue weighted by molar-refractivity contribution is -0.385. The third kappa shape index (κ3) is 3.97. The van der Waals surface area contributed by atoms with E-state index >= 15 is 0 Å². The van der Waals surface area contributed by atoms with Crippen molar-refractivity contribution in [3.05, 3.63) is 52.2 Å². The number of piperidine rings is 1. The summed E-state index contributed by atoms with van der Waals surface area (Å²) in [4.78, 5) is 10.2. The molecule has 0 radical (unpaired) electrons. The number of rotatable bonds is 5. The Balaban J connectivity index is 1.66. The zero-order valence-electron chi connectivity index (χ0n) is 14.1. The Morgan fingerprint density at radius 3 is 2.54 bits per heavy atom. The van der Waals surface area contributed by atoms with Crippen LogP contribution in [0, 0.1) is 17.0 Å². The van der Waals surface area contributed by atoms with Crippen molar-refractivity contribution in [1.29, 1.82) is 0 Å². The summed E-state index contributed by atoms with van der Waals surface area (Å²) in [6.45, 7) is 2.37. The highest BCUT2D eigenvalue weighted by molar-refractivity contribution is 7.89. The van der Waals surface area contributed by atoms with Gasteiger partial charge in [0.05, 0.1) is 15.5 Å². The molecule has 1 aromatic heterocycles. The first-order chi connectivity index (χ1) is 12.4. The van der Waals surface area contributed by atoms with Crippen LogP contribution in [-0.4, -0.2) is 47.0 Å². The van der Waals surface area contributed by atoms with Gasteiger partial charge in [0, 0.05) is 31.3 Å². The summed E-state index contributed by atoms with van der Waals surface area (Å²) in [5.41, 5.74) is 0.539. The topological polar surface area (TPSA) is 116 Å². The van der Waals surface area contributed by atoms with Gasteiger partial charge < -0.3 is 4.74 Å². The Morgan fingerprint density at radius 2 is 1.92 bits per heavy atom. The van der Waals surface area contributed by atoms with Gasteiger partial charge in [0.1, 0.15) is 6.10 Å². The van der Waals surface area contributed by atoms with E-state index in [4.69, 9.17) is 4.74 Å². The van der Waals surface area contributed by atoms with Crippen LogP contribution in [0.3, 0.4) is 0 Å². The Labute approximate surface area is 150 Å². The van der Waals surface area contributed by atoms with Crippen molar-refractivity contribution in [2.75, 3.05) is 13.1 Å². The van der Waals surface area contributed by atoms with Crippen molar-refractivity contribution in [3.8, 4) is 5.88 Å². The molecule has 0 bridgehead atoms. The molecule has 0 amide bonds. The highest BCUT2D eigenvalue weighted by Crippen LogP contribution is 2.25. The van der Waals surface area contributed by atoms with Gasteiger partial charge >= 0.3 is 0 Å². The zero-order chi connectivity index (χ0) is 18.7. The third-order valence-corrected chi connectivity index (χ3v) is 6.02. The van der Waals surface area contributed by atoms with Gasteiger partial charge in [-0.25, -0.2) is 8.42 Å². The summed E-state index contributed by atoms with van der Waals surface area (Å²) < 4.78 is 32.5. The van der Waals surface area contributed by atoms with Crippen molar-refractivity contribution in [2.24, 2.45) is 0 Å². The Hall–Kier alpha value is -2.59. The smallest absolute Gasteiger partial charge is 0.270 e. The molecule has 1 fully saturated rings. The number of aryl methyl sites for hydroxylation is 1. The van der Waals surface area contributed by atoms with Gasteiger partial charge in [-0.2, -0.15) is 9.40 Å². The lowest BCUT2D eigenvalue weighted by Crippen LogP contribution is -2.41. The van der Waals surface area contributed by atoms with Gasteiger partial charge in [0.25, 0.3) is 5.69 Å². The summed E-state index contributed by atoms with van der Waals surface area (Å²) in [7, 11) is -3.77. The van der Waals surface area contributed by atoms with Gasteiger partial charge in [-0.05, 0) is 31.9 Å². The summed E-state index contributed by atoms with van der Waals surface area (Å²) in [6.07, 6.45) is 0.858. The number of sulfonamides is 1. The molecule has 10 heteroatoms. The zero-order valence-corrected chi connectivity index (χ0v) is 14.9. The maximum absolute atomic E-state index is 12.7. The van der Waals surface area contributed by atoms with Crippen LogP contribution in [0.15, 0.2) is 41.3 Å². The summed E-state index contributed by atoms with van der Waals surface area (Å²) >= 11 is 0. The largest absolute Gasteiger partial charge is 0.473 e. The standard InChI is InChI=1S/C16H18N4O5S/c1-12-5-6-16(18-17-12)25-14-7-9-19(10-8-14)26(23,24)15-4-2-3-13(11-15)20(21)22/h2-6,11,14H,7-10H2,1H3. The molecule has 3 rings (SSSR count). The molecule has 1 aliphatic rings. The normalized spacial score (nSPS) is 16.3. The van der Waals surface area contributed by atoms with Gasteiger partial charge in [0.15, 0.2) is 0 Å². The highest BCUT2D eigenvalue weighted by Gasteiger charge is 2.31. The average Bonchev–Trinajstić information content (AvgIpc) is 2.64. The van der Waals surface area contributed by atoms with Crippen molar-refractivity contribution < 1.29 is 18.1 Å². The van der Waals surface area contributed by atoms with Gasteiger partial charge in [-0.1, -0.05) is 6.07 Å². The minimum Gasteiger partial charge on any atom is -0.473 e. The van der Waals surface area contributed by atoms with Crippen LogP contribution in [0.5, 0.6) is 5.88 Å². The van der Waals surface area contributed by atoms with E-state index in [0.717, 1.165) is 11.8 Å². The summed E-state index contributed by atoms with van der Waals surface area (Å²) in [6, 6.07) is 8.62.